The zero-order valence-electron chi connectivity index (χ0n) is 38.7. The molecule has 0 aliphatic carbocycles. The van der Waals surface area contributed by atoms with Crippen LogP contribution in [0.2, 0.25) is 0 Å². The molecule has 0 radical (unpaired) electrons. The number of piperazine rings is 1. The number of aliphatic hydroxyl groups excluding tert-OH is 1. The van der Waals surface area contributed by atoms with Gasteiger partial charge in [0.2, 0.25) is 29.5 Å². The number of unbranched alkanes of at least 4 members (excludes halogenated alkanes) is 2. The van der Waals surface area contributed by atoms with Gasteiger partial charge in [0.15, 0.2) is 0 Å². The van der Waals surface area contributed by atoms with E-state index in [0.717, 1.165) is 27.3 Å². The van der Waals surface area contributed by atoms with Crippen molar-refractivity contribution in [2.24, 2.45) is 5.41 Å². The number of carbonyl (C=O) groups excluding carboxylic acids is 6. The summed E-state index contributed by atoms with van der Waals surface area (Å²) in [6, 6.07) is 10.2. The molecule has 67 heavy (non-hydrogen) atoms. The van der Waals surface area contributed by atoms with Gasteiger partial charge in [-0.2, -0.15) is 0 Å². The quantitative estimate of drug-likeness (QED) is 0.0642. The summed E-state index contributed by atoms with van der Waals surface area (Å²) >= 11 is 1.57. The molecule has 2 fully saturated rings. The Labute approximate surface area is 393 Å². The Morgan fingerprint density at radius 1 is 0.985 bits per heavy atom. The molecular formula is C49H60FN9O7S. The van der Waals surface area contributed by atoms with E-state index >= 15 is 0 Å². The largest absolute Gasteiger partial charge is 0.391 e. The molecule has 6 amide bonds. The van der Waals surface area contributed by atoms with Gasteiger partial charge in [0.25, 0.3) is 5.91 Å². The van der Waals surface area contributed by atoms with Gasteiger partial charge in [-0.1, -0.05) is 51.5 Å². The van der Waals surface area contributed by atoms with Crippen molar-refractivity contribution in [3.63, 3.8) is 0 Å². The second-order valence-electron chi connectivity index (χ2n) is 18.7. The van der Waals surface area contributed by atoms with Crippen LogP contribution in [0.25, 0.3) is 22.1 Å². The number of fused-ring (bicyclic) bond motifs is 1. The first kappa shape index (κ1) is 48.7. The van der Waals surface area contributed by atoms with Gasteiger partial charge in [-0.15, -0.1) is 11.3 Å². The van der Waals surface area contributed by atoms with Gasteiger partial charge >= 0.3 is 0 Å². The average molecular weight is 938 g/mol. The van der Waals surface area contributed by atoms with Gasteiger partial charge in [-0.25, -0.2) is 9.37 Å². The molecule has 2 aromatic heterocycles. The Kier molecular flexibility index (Phi) is 15.4. The van der Waals surface area contributed by atoms with E-state index in [0.29, 0.717) is 80.1 Å². The predicted octanol–water partition coefficient (Wildman–Crippen LogP) is 5.23. The Bertz CT molecular complexity index is 2520. The number of aromatic nitrogens is 2. The van der Waals surface area contributed by atoms with Gasteiger partial charge < -0.3 is 41.2 Å². The minimum Gasteiger partial charge on any atom is -0.391 e. The van der Waals surface area contributed by atoms with Gasteiger partial charge in [-0.3, -0.25) is 33.7 Å². The molecule has 0 bridgehead atoms. The molecule has 3 atom stereocenters. The summed E-state index contributed by atoms with van der Waals surface area (Å²) in [5, 5.41) is 22.1. The topological polar surface area (TPSA) is 209 Å². The summed E-state index contributed by atoms with van der Waals surface area (Å²) in [6.45, 7) is 11.7. The summed E-state index contributed by atoms with van der Waals surface area (Å²) in [5.41, 5.74) is 7.26. The SMILES string of the molecule is Cc1ncsc1-c1ccc(CNC(=O)[C@@H]2C[C@@H](O)CN2C(=O)[C@@H](NC(=O)CCCCCC(=O)N2CCN(CC(=O)Nc3c[nH]c(/C=C4\C(=O)Nc5ccc(F)cc54)c3C)CC2)C(C)(C)C)cc1. The number of anilines is 2. The molecule has 7 rings (SSSR count). The highest BCUT2D eigenvalue weighted by molar-refractivity contribution is 7.13. The number of amides is 6. The summed E-state index contributed by atoms with van der Waals surface area (Å²) in [7, 11) is 0. The third-order valence-corrected chi connectivity index (χ3v) is 13.6. The number of nitrogens with zero attached hydrogens (tertiary/aromatic N) is 4. The number of hydrogen-bond acceptors (Lipinski definition) is 10. The molecule has 16 nitrogen and oxygen atoms in total. The summed E-state index contributed by atoms with van der Waals surface area (Å²) in [6.07, 6.45) is 4.77. The minimum absolute atomic E-state index is 0.0130. The molecule has 356 valence electrons. The smallest absolute Gasteiger partial charge is 0.256 e. The molecule has 2 aromatic carbocycles. The van der Waals surface area contributed by atoms with Crippen LogP contribution >= 0.6 is 11.3 Å². The fourth-order valence-corrected chi connectivity index (χ4v) is 9.51. The van der Waals surface area contributed by atoms with Crippen molar-refractivity contribution in [1.82, 2.24) is 35.3 Å². The Hall–Kier alpha value is -6.24. The number of rotatable bonds is 16. The first-order valence-corrected chi connectivity index (χ1v) is 23.7. The van der Waals surface area contributed by atoms with E-state index in [-0.39, 0.29) is 62.0 Å². The lowest BCUT2D eigenvalue weighted by molar-refractivity contribution is -0.144. The number of aromatic amines is 1. The molecule has 0 unspecified atom stereocenters. The van der Waals surface area contributed by atoms with Crippen molar-refractivity contribution in [2.45, 2.75) is 97.9 Å². The Morgan fingerprint density at radius 2 is 1.72 bits per heavy atom. The van der Waals surface area contributed by atoms with Crippen molar-refractivity contribution in [3.05, 3.63) is 88.1 Å². The van der Waals surface area contributed by atoms with Crippen molar-refractivity contribution in [1.29, 1.82) is 0 Å². The third-order valence-electron chi connectivity index (χ3n) is 12.6. The van der Waals surface area contributed by atoms with Crippen LogP contribution < -0.4 is 21.3 Å². The van der Waals surface area contributed by atoms with E-state index in [1.54, 1.807) is 28.5 Å². The number of β-amino-alcohol motifs (C(OH)–C–C–N with tert-alkyl or cyclic N) is 1. The van der Waals surface area contributed by atoms with Crippen LogP contribution in [0.3, 0.4) is 0 Å². The van der Waals surface area contributed by atoms with Gasteiger partial charge in [0.05, 0.1) is 40.0 Å². The molecule has 0 spiro atoms. The zero-order valence-corrected chi connectivity index (χ0v) is 39.5. The maximum atomic E-state index is 14.0. The number of hydrogen-bond donors (Lipinski definition) is 6. The van der Waals surface area contributed by atoms with E-state index in [1.165, 1.54) is 23.1 Å². The van der Waals surface area contributed by atoms with Crippen LogP contribution in [0, 0.1) is 25.1 Å². The van der Waals surface area contributed by atoms with Crippen molar-refractivity contribution in [3.8, 4) is 10.4 Å². The fourth-order valence-electron chi connectivity index (χ4n) is 8.70. The standard InChI is InChI=1S/C49H60FN9O7S/c1-29-38(23-36-35-21-33(50)15-16-37(35)55-46(36)64)51-25-39(29)54-42(62)27-57-17-19-58(20-18-57)43(63)10-8-6-7-9-41(61)56-45(49(3,4)5)48(66)59-26-34(60)22-40(59)47(65)52-24-31-11-13-32(14-12-31)44-30(2)53-28-67-44/h11-16,21,23,25,28,34,40,45,51,60H,6-10,17-20,22,24,26-27H2,1-5H3,(H,52,65)(H,54,62)(H,55,64)(H,56,61)/b36-23-/t34-,40+,45-/m1/s1. The molecule has 3 aliphatic heterocycles. The highest BCUT2D eigenvalue weighted by Crippen LogP contribution is 2.35. The van der Waals surface area contributed by atoms with Gasteiger partial charge in [0.1, 0.15) is 17.9 Å². The lowest BCUT2D eigenvalue weighted by Gasteiger charge is -2.35. The highest BCUT2D eigenvalue weighted by Gasteiger charge is 2.44. The lowest BCUT2D eigenvalue weighted by atomic mass is 9.85. The number of benzene rings is 2. The number of carbonyl (C=O) groups is 6. The molecule has 3 aliphatic rings. The minimum atomic E-state index is -0.927. The molecular weight excluding hydrogens is 878 g/mol. The highest BCUT2D eigenvalue weighted by atomic mass is 32.1. The van der Waals surface area contributed by atoms with Crippen LogP contribution in [0.1, 0.15) is 87.4 Å². The number of likely N-dealkylation sites (tertiary alicyclic amines) is 1. The summed E-state index contributed by atoms with van der Waals surface area (Å²) in [4.78, 5) is 93.0. The Morgan fingerprint density at radius 3 is 2.42 bits per heavy atom. The van der Waals surface area contributed by atoms with Crippen molar-refractivity contribution in [2.75, 3.05) is 49.9 Å². The molecule has 0 saturated carbocycles. The number of aliphatic hydroxyl groups is 1. The van der Waals surface area contributed by atoms with E-state index in [1.807, 2.05) is 69.3 Å². The molecule has 6 N–H and O–H groups in total. The van der Waals surface area contributed by atoms with E-state index in [2.05, 4.69) is 31.2 Å². The van der Waals surface area contributed by atoms with Gasteiger partial charge in [-0.05, 0) is 73.1 Å². The van der Waals surface area contributed by atoms with Crippen molar-refractivity contribution < 1.29 is 38.3 Å². The van der Waals surface area contributed by atoms with Gasteiger partial charge in [0, 0.05) is 81.7 Å². The van der Waals surface area contributed by atoms with Crippen LogP contribution in [0.4, 0.5) is 15.8 Å². The molecule has 2 saturated heterocycles. The normalized spacial score (nSPS) is 18.4. The lowest BCUT2D eigenvalue weighted by Crippen LogP contribution is -2.57. The summed E-state index contributed by atoms with van der Waals surface area (Å²) in [5.74, 6) is -2.07. The molecule has 5 heterocycles. The number of aryl methyl sites for hydroxylation is 1. The van der Waals surface area contributed by atoms with Crippen LogP contribution in [0.5, 0.6) is 0 Å². The number of nitrogens with one attached hydrogen (secondary N) is 5. The van der Waals surface area contributed by atoms with E-state index in [4.69, 9.17) is 0 Å². The molecule has 4 aromatic rings. The van der Waals surface area contributed by atoms with Crippen LogP contribution in [-0.2, 0) is 35.3 Å². The number of H-pyrrole nitrogens is 1. The number of thiazole rings is 1. The zero-order chi connectivity index (χ0) is 48.0. The maximum Gasteiger partial charge on any atom is 0.256 e. The second-order valence-corrected chi connectivity index (χ2v) is 19.5. The van der Waals surface area contributed by atoms with Crippen LogP contribution in [-0.4, -0.2) is 123 Å². The number of halogens is 1. The average Bonchev–Trinajstić information content (AvgIpc) is 4.07. The monoisotopic (exact) mass is 937 g/mol. The fraction of sp³-hybridized carbons (Fsp3) is 0.449. The first-order valence-electron chi connectivity index (χ1n) is 22.8. The van der Waals surface area contributed by atoms with Crippen LogP contribution in [0.15, 0.2) is 54.2 Å². The predicted molar refractivity (Wildman–Crippen MR) is 255 cm³/mol. The molecule has 18 heteroatoms. The third kappa shape index (κ3) is 12.0. The van der Waals surface area contributed by atoms with E-state index < -0.39 is 35.3 Å². The van der Waals surface area contributed by atoms with Crippen molar-refractivity contribution >= 4 is 69.8 Å². The first-order chi connectivity index (χ1) is 31.9. The maximum absolute atomic E-state index is 14.0. The van der Waals surface area contributed by atoms with E-state index in [9.17, 15) is 38.3 Å². The summed E-state index contributed by atoms with van der Waals surface area (Å²) < 4.78 is 13.9. The second kappa shape index (κ2) is 21.2. The Balaban J connectivity index is 0.800.